The highest BCUT2D eigenvalue weighted by molar-refractivity contribution is 5.34. The summed E-state index contributed by atoms with van der Waals surface area (Å²) >= 11 is 0. The van der Waals surface area contributed by atoms with Gasteiger partial charge in [-0.2, -0.15) is 0 Å². The Morgan fingerprint density at radius 3 is 2.67 bits per heavy atom. The van der Waals surface area contributed by atoms with Gasteiger partial charge in [-0.3, -0.25) is 0 Å². The molecule has 1 unspecified atom stereocenters. The Morgan fingerprint density at radius 2 is 2.20 bits per heavy atom. The first-order valence-electron chi connectivity index (χ1n) is 5.27. The second-order valence-corrected chi connectivity index (χ2v) is 4.36. The van der Waals surface area contributed by atoms with Gasteiger partial charge in [0.2, 0.25) is 0 Å². The zero-order chi connectivity index (χ0) is 11.1. The topological polar surface area (TPSA) is 46.2 Å². The van der Waals surface area contributed by atoms with Crippen molar-refractivity contribution < 1.29 is 9.50 Å². The molecule has 0 saturated heterocycles. The third kappa shape index (κ3) is 1.77. The van der Waals surface area contributed by atoms with E-state index >= 15 is 0 Å². The Morgan fingerprint density at radius 1 is 1.53 bits per heavy atom. The van der Waals surface area contributed by atoms with Crippen molar-refractivity contribution in [2.24, 2.45) is 11.7 Å². The van der Waals surface area contributed by atoms with Crippen molar-refractivity contribution in [3.63, 3.8) is 0 Å². The molecular weight excluding hydrogens is 193 g/mol. The summed E-state index contributed by atoms with van der Waals surface area (Å²) in [5, 5.41) is 10.5. The van der Waals surface area contributed by atoms with Crippen molar-refractivity contribution >= 4 is 0 Å². The van der Waals surface area contributed by atoms with Gasteiger partial charge < -0.3 is 10.8 Å². The van der Waals surface area contributed by atoms with E-state index in [-0.39, 0.29) is 18.3 Å². The molecule has 15 heavy (non-hydrogen) atoms. The fourth-order valence-corrected chi connectivity index (χ4v) is 2.17. The second kappa shape index (κ2) is 3.58. The van der Waals surface area contributed by atoms with Gasteiger partial charge in [0.1, 0.15) is 11.4 Å². The molecule has 0 spiro atoms. The summed E-state index contributed by atoms with van der Waals surface area (Å²) in [5.74, 6) is -0.0296. The number of halogens is 1. The molecule has 0 heterocycles. The fraction of sp³-hybridized carbons (Fsp3) is 0.500. The summed E-state index contributed by atoms with van der Waals surface area (Å²) in [6, 6.07) is 4.47. The average molecular weight is 209 g/mol. The molecule has 1 aliphatic carbocycles. The lowest BCUT2D eigenvalue weighted by Gasteiger charge is -2.28. The van der Waals surface area contributed by atoms with Gasteiger partial charge in [-0.05, 0) is 48.9 Å². The molecule has 2 nitrogen and oxygen atoms in total. The van der Waals surface area contributed by atoms with E-state index in [2.05, 4.69) is 0 Å². The molecule has 1 aromatic carbocycles. The molecule has 1 atom stereocenters. The Kier molecular flexibility index (Phi) is 2.52. The lowest BCUT2D eigenvalue weighted by atomic mass is 9.86. The first kappa shape index (κ1) is 10.6. The van der Waals surface area contributed by atoms with E-state index in [1.807, 2.05) is 0 Å². The molecule has 2 rings (SSSR count). The van der Waals surface area contributed by atoms with Crippen molar-refractivity contribution in [1.29, 1.82) is 0 Å². The number of rotatable bonds is 3. The van der Waals surface area contributed by atoms with E-state index in [4.69, 9.17) is 5.73 Å². The molecular formula is C12H16FNO. The van der Waals surface area contributed by atoms with Crippen LogP contribution in [0.4, 0.5) is 4.39 Å². The molecule has 3 N–H and O–H groups in total. The SMILES string of the molecule is Cc1cc(F)ccc1C(O)(CN)C1CC1. The van der Waals surface area contributed by atoms with Crippen molar-refractivity contribution in [3.8, 4) is 0 Å². The maximum atomic E-state index is 12.9. The van der Waals surface area contributed by atoms with Gasteiger partial charge in [0.05, 0.1) is 0 Å². The number of hydrogen-bond acceptors (Lipinski definition) is 2. The van der Waals surface area contributed by atoms with Crippen LogP contribution >= 0.6 is 0 Å². The molecule has 0 aromatic heterocycles. The van der Waals surface area contributed by atoms with Gasteiger partial charge in [-0.15, -0.1) is 0 Å². The van der Waals surface area contributed by atoms with Crippen LogP contribution in [0.2, 0.25) is 0 Å². The minimum Gasteiger partial charge on any atom is -0.384 e. The predicted molar refractivity (Wildman–Crippen MR) is 56.8 cm³/mol. The Bertz CT molecular complexity index is 376. The van der Waals surface area contributed by atoms with E-state index in [9.17, 15) is 9.50 Å². The Balaban J connectivity index is 2.42. The van der Waals surface area contributed by atoms with Crippen molar-refractivity contribution in [3.05, 3.63) is 35.1 Å². The third-order valence-electron chi connectivity index (χ3n) is 3.22. The Hall–Kier alpha value is -0.930. The normalized spacial score (nSPS) is 20.0. The van der Waals surface area contributed by atoms with Crippen LogP contribution in [-0.2, 0) is 5.60 Å². The average Bonchev–Trinajstić information content (AvgIpc) is 3.00. The highest BCUT2D eigenvalue weighted by atomic mass is 19.1. The van der Waals surface area contributed by atoms with Crippen molar-refractivity contribution in [2.75, 3.05) is 6.54 Å². The van der Waals surface area contributed by atoms with Crippen LogP contribution in [0, 0.1) is 18.7 Å². The Labute approximate surface area is 88.9 Å². The predicted octanol–water partition coefficient (Wildman–Crippen LogP) is 1.69. The number of benzene rings is 1. The second-order valence-electron chi connectivity index (χ2n) is 4.36. The van der Waals surface area contributed by atoms with E-state index in [0.29, 0.717) is 0 Å². The van der Waals surface area contributed by atoms with Crippen molar-refractivity contribution in [1.82, 2.24) is 0 Å². The third-order valence-corrected chi connectivity index (χ3v) is 3.22. The lowest BCUT2D eigenvalue weighted by Crippen LogP contribution is -2.37. The summed E-state index contributed by atoms with van der Waals surface area (Å²) < 4.78 is 12.9. The molecule has 1 aromatic rings. The standard InChI is InChI=1S/C12H16FNO/c1-8-6-10(13)4-5-11(8)12(15,7-14)9-2-3-9/h4-6,9,15H,2-3,7,14H2,1H3. The molecule has 0 bridgehead atoms. The molecule has 1 saturated carbocycles. The number of aliphatic hydroxyl groups is 1. The minimum atomic E-state index is -0.961. The van der Waals surface area contributed by atoms with Gasteiger partial charge in [0.25, 0.3) is 0 Å². The molecule has 3 heteroatoms. The van der Waals surface area contributed by atoms with Gasteiger partial charge in [-0.25, -0.2) is 4.39 Å². The minimum absolute atomic E-state index is 0.199. The quantitative estimate of drug-likeness (QED) is 0.795. The maximum absolute atomic E-state index is 12.9. The van der Waals surface area contributed by atoms with Gasteiger partial charge in [0, 0.05) is 6.54 Å². The molecule has 0 aliphatic heterocycles. The summed E-state index contributed by atoms with van der Waals surface area (Å²) in [5.41, 5.74) is 6.23. The molecule has 1 aliphatic rings. The van der Waals surface area contributed by atoms with E-state index < -0.39 is 5.60 Å². The fourth-order valence-electron chi connectivity index (χ4n) is 2.17. The zero-order valence-corrected chi connectivity index (χ0v) is 8.83. The van der Waals surface area contributed by atoms with Crippen LogP contribution in [-0.4, -0.2) is 11.7 Å². The number of hydrogen-bond donors (Lipinski definition) is 2. The van der Waals surface area contributed by atoms with Crippen LogP contribution in [0.1, 0.15) is 24.0 Å². The van der Waals surface area contributed by atoms with Crippen LogP contribution in [0.15, 0.2) is 18.2 Å². The first-order chi connectivity index (χ1) is 7.08. The van der Waals surface area contributed by atoms with Crippen LogP contribution in [0.25, 0.3) is 0 Å². The molecule has 1 fully saturated rings. The van der Waals surface area contributed by atoms with Gasteiger partial charge >= 0.3 is 0 Å². The smallest absolute Gasteiger partial charge is 0.123 e. The van der Waals surface area contributed by atoms with Crippen LogP contribution in [0.3, 0.4) is 0 Å². The van der Waals surface area contributed by atoms with E-state index in [1.54, 1.807) is 13.0 Å². The summed E-state index contributed by atoms with van der Waals surface area (Å²) in [6.45, 7) is 2.01. The molecule has 0 radical (unpaired) electrons. The number of nitrogens with two attached hydrogens (primary N) is 1. The number of aryl methyl sites for hydroxylation is 1. The highest BCUT2D eigenvalue weighted by Crippen LogP contribution is 2.45. The monoisotopic (exact) mass is 209 g/mol. The molecule has 0 amide bonds. The van der Waals surface area contributed by atoms with E-state index in [1.165, 1.54) is 12.1 Å². The maximum Gasteiger partial charge on any atom is 0.123 e. The van der Waals surface area contributed by atoms with E-state index in [0.717, 1.165) is 24.0 Å². The van der Waals surface area contributed by atoms with Crippen molar-refractivity contribution in [2.45, 2.75) is 25.4 Å². The first-order valence-corrected chi connectivity index (χ1v) is 5.27. The lowest BCUT2D eigenvalue weighted by molar-refractivity contribution is 0.0216. The van der Waals surface area contributed by atoms with Gasteiger partial charge in [0.15, 0.2) is 0 Å². The van der Waals surface area contributed by atoms with Crippen LogP contribution < -0.4 is 5.73 Å². The summed E-state index contributed by atoms with van der Waals surface area (Å²) in [7, 11) is 0. The van der Waals surface area contributed by atoms with Gasteiger partial charge in [-0.1, -0.05) is 6.07 Å². The zero-order valence-electron chi connectivity index (χ0n) is 8.83. The summed E-state index contributed by atoms with van der Waals surface area (Å²) in [4.78, 5) is 0. The summed E-state index contributed by atoms with van der Waals surface area (Å²) in [6.07, 6.45) is 2.01. The highest BCUT2D eigenvalue weighted by Gasteiger charge is 2.44. The molecule has 82 valence electrons. The largest absolute Gasteiger partial charge is 0.384 e. The van der Waals surface area contributed by atoms with Crippen LogP contribution in [0.5, 0.6) is 0 Å².